The molecular formula is C9H10F3NO. The third-order valence-electron chi connectivity index (χ3n) is 1.73. The lowest BCUT2D eigenvalue weighted by Crippen LogP contribution is -2.12. The number of rotatable bonds is 4. The van der Waals surface area contributed by atoms with Crippen LogP contribution in [0.3, 0.4) is 0 Å². The lowest BCUT2D eigenvalue weighted by molar-refractivity contribution is 0.0857. The van der Waals surface area contributed by atoms with Crippen LogP contribution in [0.5, 0.6) is 0 Å². The molecule has 5 heteroatoms. The van der Waals surface area contributed by atoms with E-state index in [1.165, 1.54) is 7.11 Å². The van der Waals surface area contributed by atoms with E-state index >= 15 is 0 Å². The van der Waals surface area contributed by atoms with Crippen LogP contribution < -0.4 is 5.48 Å². The van der Waals surface area contributed by atoms with E-state index in [0.29, 0.717) is 0 Å². The van der Waals surface area contributed by atoms with Crippen LogP contribution in [-0.2, 0) is 11.4 Å². The number of hydrogen-bond donors (Lipinski definition) is 1. The zero-order valence-electron chi connectivity index (χ0n) is 7.56. The Hall–Kier alpha value is -1.07. The first-order valence-electron chi connectivity index (χ1n) is 3.97. The lowest BCUT2D eigenvalue weighted by atomic mass is 10.1. The van der Waals surface area contributed by atoms with Crippen molar-refractivity contribution >= 4 is 0 Å². The van der Waals surface area contributed by atoms with Crippen molar-refractivity contribution in [2.45, 2.75) is 13.0 Å². The summed E-state index contributed by atoms with van der Waals surface area (Å²) in [5.74, 6) is -0.529. The summed E-state index contributed by atoms with van der Waals surface area (Å²) < 4.78 is 37.5. The third-order valence-corrected chi connectivity index (χ3v) is 1.73. The predicted molar refractivity (Wildman–Crippen MR) is 45.2 cm³/mol. The lowest BCUT2D eigenvalue weighted by Gasteiger charge is -2.06. The minimum Gasteiger partial charge on any atom is -0.305 e. The Labute approximate surface area is 79.6 Å². The molecule has 0 aliphatic heterocycles. The second kappa shape index (κ2) is 4.97. The van der Waals surface area contributed by atoms with Crippen molar-refractivity contribution in [1.29, 1.82) is 0 Å². The zero-order valence-corrected chi connectivity index (χ0v) is 7.56. The van der Waals surface area contributed by atoms with Gasteiger partial charge in [0.15, 0.2) is 0 Å². The highest BCUT2D eigenvalue weighted by Crippen LogP contribution is 2.21. The standard InChI is InChI=1S/C9H10F3NO/c1-14-13-5-7-4-6(9(11)12)2-3-8(7)10/h2-4,9,13H,5H2,1H3. The Bertz CT molecular complexity index is 304. The molecule has 0 aliphatic carbocycles. The SMILES string of the molecule is CONCc1cc(C(F)F)ccc1F. The molecule has 14 heavy (non-hydrogen) atoms. The number of hydrogen-bond acceptors (Lipinski definition) is 2. The molecular weight excluding hydrogens is 195 g/mol. The molecule has 0 amide bonds. The van der Waals surface area contributed by atoms with Crippen molar-refractivity contribution in [3.8, 4) is 0 Å². The van der Waals surface area contributed by atoms with E-state index in [2.05, 4.69) is 10.3 Å². The molecule has 0 spiro atoms. The summed E-state index contributed by atoms with van der Waals surface area (Å²) in [5.41, 5.74) is 2.35. The van der Waals surface area contributed by atoms with Crippen LogP contribution in [0.1, 0.15) is 17.6 Å². The van der Waals surface area contributed by atoms with Crippen LogP contribution in [0, 0.1) is 5.82 Å². The fraction of sp³-hybridized carbons (Fsp3) is 0.333. The summed E-state index contributed by atoms with van der Waals surface area (Å²) in [4.78, 5) is 4.50. The molecule has 0 bridgehead atoms. The predicted octanol–water partition coefficient (Wildman–Crippen LogP) is 2.41. The summed E-state index contributed by atoms with van der Waals surface area (Å²) in [5, 5.41) is 0. The normalized spacial score (nSPS) is 10.9. The molecule has 0 unspecified atom stereocenters. The summed E-state index contributed by atoms with van der Waals surface area (Å²) >= 11 is 0. The van der Waals surface area contributed by atoms with E-state index in [1.54, 1.807) is 0 Å². The van der Waals surface area contributed by atoms with Crippen LogP contribution in [0.15, 0.2) is 18.2 Å². The number of halogens is 3. The Morgan fingerprint density at radius 2 is 2.14 bits per heavy atom. The number of alkyl halides is 2. The van der Waals surface area contributed by atoms with Gasteiger partial charge in [-0.1, -0.05) is 6.07 Å². The van der Waals surface area contributed by atoms with Crippen LogP contribution in [0.2, 0.25) is 0 Å². The first-order chi connectivity index (χ1) is 6.65. The molecule has 0 saturated carbocycles. The number of benzene rings is 1. The van der Waals surface area contributed by atoms with E-state index in [-0.39, 0.29) is 17.7 Å². The molecule has 1 rings (SSSR count). The van der Waals surface area contributed by atoms with E-state index in [9.17, 15) is 13.2 Å². The van der Waals surface area contributed by atoms with Gasteiger partial charge >= 0.3 is 0 Å². The van der Waals surface area contributed by atoms with Gasteiger partial charge in [-0.05, 0) is 12.1 Å². The van der Waals surface area contributed by atoms with Crippen LogP contribution in [-0.4, -0.2) is 7.11 Å². The second-order valence-corrected chi connectivity index (χ2v) is 2.68. The maximum absolute atomic E-state index is 13.0. The van der Waals surface area contributed by atoms with Gasteiger partial charge in [-0.3, -0.25) is 0 Å². The van der Waals surface area contributed by atoms with Gasteiger partial charge in [-0.2, -0.15) is 5.48 Å². The van der Waals surface area contributed by atoms with E-state index in [0.717, 1.165) is 18.2 Å². The first kappa shape index (κ1) is 11.0. The van der Waals surface area contributed by atoms with Crippen LogP contribution >= 0.6 is 0 Å². The fourth-order valence-electron chi connectivity index (χ4n) is 1.02. The smallest absolute Gasteiger partial charge is 0.263 e. The maximum atomic E-state index is 13.0. The van der Waals surface area contributed by atoms with Crippen molar-refractivity contribution in [2.75, 3.05) is 7.11 Å². The number of hydroxylamine groups is 1. The third kappa shape index (κ3) is 2.71. The fourth-order valence-corrected chi connectivity index (χ4v) is 1.02. The van der Waals surface area contributed by atoms with Crippen LogP contribution in [0.4, 0.5) is 13.2 Å². The Morgan fingerprint density at radius 1 is 1.43 bits per heavy atom. The van der Waals surface area contributed by atoms with E-state index in [4.69, 9.17) is 0 Å². The minimum absolute atomic E-state index is 0.0584. The Balaban J connectivity index is 2.85. The monoisotopic (exact) mass is 205 g/mol. The highest BCUT2D eigenvalue weighted by atomic mass is 19.3. The summed E-state index contributed by atoms with van der Waals surface area (Å²) in [6.07, 6.45) is -2.59. The maximum Gasteiger partial charge on any atom is 0.263 e. The van der Waals surface area contributed by atoms with Gasteiger partial charge in [-0.15, -0.1) is 0 Å². The van der Waals surface area contributed by atoms with Crippen LogP contribution in [0.25, 0.3) is 0 Å². The quantitative estimate of drug-likeness (QED) is 0.762. The average molecular weight is 205 g/mol. The summed E-state index contributed by atoms with van der Waals surface area (Å²) in [6.45, 7) is 0.0584. The molecule has 2 nitrogen and oxygen atoms in total. The molecule has 0 aliphatic rings. The van der Waals surface area contributed by atoms with Crippen molar-refractivity contribution in [3.05, 3.63) is 35.1 Å². The van der Waals surface area contributed by atoms with Crippen molar-refractivity contribution in [3.63, 3.8) is 0 Å². The molecule has 0 radical (unpaired) electrons. The highest BCUT2D eigenvalue weighted by molar-refractivity contribution is 5.25. The molecule has 0 heterocycles. The van der Waals surface area contributed by atoms with Crippen molar-refractivity contribution in [2.24, 2.45) is 0 Å². The zero-order chi connectivity index (χ0) is 10.6. The molecule has 0 fully saturated rings. The van der Waals surface area contributed by atoms with Gasteiger partial charge in [-0.25, -0.2) is 13.2 Å². The molecule has 1 aromatic rings. The minimum atomic E-state index is -2.59. The van der Waals surface area contributed by atoms with Crippen molar-refractivity contribution in [1.82, 2.24) is 5.48 Å². The first-order valence-corrected chi connectivity index (χ1v) is 3.97. The largest absolute Gasteiger partial charge is 0.305 e. The van der Waals surface area contributed by atoms with E-state index < -0.39 is 12.2 Å². The molecule has 0 saturated heterocycles. The van der Waals surface area contributed by atoms with Gasteiger partial charge in [0, 0.05) is 17.7 Å². The Morgan fingerprint density at radius 3 is 2.71 bits per heavy atom. The Kier molecular flexibility index (Phi) is 3.91. The molecule has 78 valence electrons. The average Bonchev–Trinajstić information content (AvgIpc) is 2.16. The highest BCUT2D eigenvalue weighted by Gasteiger charge is 2.10. The molecule has 0 atom stereocenters. The van der Waals surface area contributed by atoms with Gasteiger partial charge in [0.2, 0.25) is 0 Å². The van der Waals surface area contributed by atoms with Gasteiger partial charge in [0.05, 0.1) is 7.11 Å². The summed E-state index contributed by atoms with van der Waals surface area (Å²) in [6, 6.07) is 3.20. The number of nitrogens with one attached hydrogen (secondary N) is 1. The van der Waals surface area contributed by atoms with Gasteiger partial charge in [0.1, 0.15) is 5.82 Å². The van der Waals surface area contributed by atoms with Gasteiger partial charge < -0.3 is 4.84 Å². The molecule has 0 aromatic heterocycles. The molecule has 1 N–H and O–H groups in total. The van der Waals surface area contributed by atoms with E-state index in [1.807, 2.05) is 0 Å². The molecule has 1 aromatic carbocycles. The summed E-state index contributed by atoms with van der Waals surface area (Å²) in [7, 11) is 1.37. The second-order valence-electron chi connectivity index (χ2n) is 2.68. The van der Waals surface area contributed by atoms with Gasteiger partial charge in [0.25, 0.3) is 6.43 Å². The van der Waals surface area contributed by atoms with Crippen molar-refractivity contribution < 1.29 is 18.0 Å². The topological polar surface area (TPSA) is 21.3 Å².